The Balaban J connectivity index is 1.60. The van der Waals surface area contributed by atoms with Crippen molar-refractivity contribution in [2.24, 2.45) is 0 Å². The molecule has 0 aromatic heterocycles. The van der Waals surface area contributed by atoms with Gasteiger partial charge < -0.3 is 4.74 Å². The molecule has 172 valence electrons. The number of carbonyl (C=O) groups excluding carboxylic acids is 3. The predicted molar refractivity (Wildman–Crippen MR) is 143 cm³/mol. The first kappa shape index (κ1) is 24.3. The number of halogens is 3. The Labute approximate surface area is 222 Å². The van der Waals surface area contributed by atoms with Crippen LogP contribution < -0.4 is 15.0 Å². The molecule has 1 aliphatic heterocycles. The highest BCUT2D eigenvalue weighted by molar-refractivity contribution is 14.1. The first-order valence-electron chi connectivity index (χ1n) is 10.1. The number of rotatable bonds is 5. The number of carbonyl (C=O) groups is 3. The Kier molecular flexibility index (Phi) is 7.31. The van der Waals surface area contributed by atoms with Gasteiger partial charge in [-0.25, -0.2) is 14.1 Å². The maximum Gasteiger partial charge on any atom is 0.335 e. The van der Waals surface area contributed by atoms with Crippen LogP contribution in [0, 0.1) is 19.9 Å². The lowest BCUT2D eigenvalue weighted by Gasteiger charge is -2.26. The summed E-state index contributed by atoms with van der Waals surface area (Å²) >= 11 is 4.28. The van der Waals surface area contributed by atoms with Crippen LogP contribution in [0.3, 0.4) is 0 Å². The number of barbiturate groups is 1. The number of hydrogen-bond acceptors (Lipinski definition) is 4. The van der Waals surface area contributed by atoms with Crippen LogP contribution in [0.25, 0.3) is 6.08 Å². The molecule has 0 aliphatic carbocycles. The zero-order valence-corrected chi connectivity index (χ0v) is 22.1. The maximum atomic E-state index is 13.3. The molecule has 6 nitrogen and oxygen atoms in total. The summed E-state index contributed by atoms with van der Waals surface area (Å²) < 4.78 is 20.9. The van der Waals surface area contributed by atoms with Crippen LogP contribution in [0.15, 0.2) is 66.2 Å². The Bertz CT molecular complexity index is 1320. The maximum absolute atomic E-state index is 13.3. The predicted octanol–water partition coefficient (Wildman–Crippen LogP) is 5.59. The van der Waals surface area contributed by atoms with Crippen molar-refractivity contribution in [2.45, 2.75) is 13.5 Å². The molecular weight excluding hydrogens is 665 g/mol. The van der Waals surface area contributed by atoms with Crippen molar-refractivity contribution < 1.29 is 23.5 Å². The highest BCUT2D eigenvalue weighted by Gasteiger charge is 2.36. The van der Waals surface area contributed by atoms with Gasteiger partial charge in [-0.2, -0.15) is 0 Å². The molecule has 1 heterocycles. The van der Waals surface area contributed by atoms with Gasteiger partial charge in [-0.15, -0.1) is 0 Å². The zero-order valence-electron chi connectivity index (χ0n) is 17.8. The number of ether oxygens (including phenoxy) is 1. The number of imide groups is 2. The molecule has 3 aromatic carbocycles. The first-order valence-corrected chi connectivity index (χ1v) is 12.2. The minimum absolute atomic E-state index is 0.159. The van der Waals surface area contributed by atoms with Gasteiger partial charge in [-0.3, -0.25) is 14.9 Å². The van der Waals surface area contributed by atoms with Crippen molar-refractivity contribution >= 4 is 74.8 Å². The summed E-state index contributed by atoms with van der Waals surface area (Å²) in [6, 6.07) is 15.6. The summed E-state index contributed by atoms with van der Waals surface area (Å²) in [4.78, 5) is 38.6. The Hall–Kier alpha value is -2.80. The molecule has 1 aliphatic rings. The van der Waals surface area contributed by atoms with E-state index in [1.807, 2.05) is 25.1 Å². The largest absolute Gasteiger partial charge is 0.487 e. The van der Waals surface area contributed by atoms with E-state index in [-0.39, 0.29) is 11.3 Å². The molecule has 9 heteroatoms. The number of nitrogens with one attached hydrogen (secondary N) is 1. The minimum Gasteiger partial charge on any atom is -0.487 e. The van der Waals surface area contributed by atoms with E-state index in [0.717, 1.165) is 35.3 Å². The summed E-state index contributed by atoms with van der Waals surface area (Å²) in [5.74, 6) is -1.38. The number of nitrogens with zero attached hydrogens (tertiary/aromatic N) is 1. The molecule has 0 bridgehead atoms. The lowest BCUT2D eigenvalue weighted by Crippen LogP contribution is -2.54. The Morgan fingerprint density at radius 1 is 1.00 bits per heavy atom. The van der Waals surface area contributed by atoms with Gasteiger partial charge in [0.2, 0.25) is 0 Å². The van der Waals surface area contributed by atoms with Crippen molar-refractivity contribution in [1.29, 1.82) is 0 Å². The number of hydrogen-bond donors (Lipinski definition) is 1. The summed E-state index contributed by atoms with van der Waals surface area (Å²) in [5, 5.41) is 2.16. The van der Waals surface area contributed by atoms with Gasteiger partial charge >= 0.3 is 6.03 Å². The molecule has 0 saturated carbocycles. The average molecular weight is 682 g/mol. The topological polar surface area (TPSA) is 75.7 Å². The quantitative estimate of drug-likeness (QED) is 0.217. The number of urea groups is 1. The third-order valence-electron chi connectivity index (χ3n) is 4.98. The molecule has 4 amide bonds. The fourth-order valence-electron chi connectivity index (χ4n) is 3.41. The van der Waals surface area contributed by atoms with Crippen molar-refractivity contribution in [2.75, 3.05) is 4.90 Å². The second-order valence-electron chi connectivity index (χ2n) is 7.53. The molecule has 0 unspecified atom stereocenters. The third kappa shape index (κ3) is 5.30. The molecule has 34 heavy (non-hydrogen) atoms. The van der Waals surface area contributed by atoms with Crippen LogP contribution in [0.2, 0.25) is 0 Å². The third-order valence-corrected chi connectivity index (χ3v) is 6.59. The van der Waals surface area contributed by atoms with Gasteiger partial charge in [0.1, 0.15) is 23.7 Å². The van der Waals surface area contributed by atoms with E-state index in [1.54, 1.807) is 12.1 Å². The van der Waals surface area contributed by atoms with E-state index < -0.39 is 23.7 Å². The SMILES string of the molecule is Cc1cccc(COc2c(I)cc(/C=C3\C(=O)NC(=O)N(c4ccc(F)cc4)C3=O)cc2I)c1. The molecule has 0 spiro atoms. The Morgan fingerprint density at radius 3 is 2.32 bits per heavy atom. The zero-order chi connectivity index (χ0) is 24.4. The number of amides is 4. The van der Waals surface area contributed by atoms with Gasteiger partial charge in [0.15, 0.2) is 0 Å². The van der Waals surface area contributed by atoms with Crippen molar-refractivity contribution in [1.82, 2.24) is 5.32 Å². The summed E-state index contributed by atoms with van der Waals surface area (Å²) in [7, 11) is 0. The number of benzene rings is 3. The standard InChI is InChI=1S/C25H17FI2N2O4/c1-14-3-2-4-15(9-14)13-34-22-20(27)11-16(12-21(22)28)10-19-23(31)29-25(33)30(24(19)32)18-7-5-17(26)6-8-18/h2-12H,13H2,1H3,(H,29,31,33)/b19-10+. The van der Waals surface area contributed by atoms with Gasteiger partial charge in [0, 0.05) is 0 Å². The van der Waals surface area contributed by atoms with Crippen LogP contribution >= 0.6 is 45.2 Å². The van der Waals surface area contributed by atoms with E-state index in [0.29, 0.717) is 17.9 Å². The molecule has 1 saturated heterocycles. The summed E-state index contributed by atoms with van der Waals surface area (Å²) in [6.45, 7) is 2.43. The van der Waals surface area contributed by atoms with Crippen molar-refractivity contribution in [3.05, 3.63) is 95.9 Å². The van der Waals surface area contributed by atoms with E-state index in [2.05, 4.69) is 56.6 Å². The number of aryl methyl sites for hydroxylation is 1. The van der Waals surface area contributed by atoms with Crippen LogP contribution in [0.4, 0.5) is 14.9 Å². The summed E-state index contributed by atoms with van der Waals surface area (Å²) in [5.41, 5.74) is 2.75. The fourth-order valence-corrected chi connectivity index (χ4v) is 5.53. The highest BCUT2D eigenvalue weighted by atomic mass is 127. The average Bonchev–Trinajstić information content (AvgIpc) is 2.77. The van der Waals surface area contributed by atoms with Crippen molar-refractivity contribution in [3.63, 3.8) is 0 Å². The van der Waals surface area contributed by atoms with Crippen LogP contribution in [0.1, 0.15) is 16.7 Å². The summed E-state index contributed by atoms with van der Waals surface area (Å²) in [6.07, 6.45) is 1.43. The fraction of sp³-hybridized carbons (Fsp3) is 0.0800. The molecular formula is C25H17FI2N2O4. The molecule has 1 fully saturated rings. The van der Waals surface area contributed by atoms with E-state index in [1.165, 1.54) is 18.2 Å². The second kappa shape index (κ2) is 10.2. The van der Waals surface area contributed by atoms with Crippen LogP contribution in [0.5, 0.6) is 5.75 Å². The van der Waals surface area contributed by atoms with Gasteiger partial charge in [-0.1, -0.05) is 29.8 Å². The van der Waals surface area contributed by atoms with Gasteiger partial charge in [0.05, 0.1) is 12.8 Å². The Morgan fingerprint density at radius 2 is 1.68 bits per heavy atom. The smallest absolute Gasteiger partial charge is 0.335 e. The monoisotopic (exact) mass is 682 g/mol. The lowest BCUT2D eigenvalue weighted by atomic mass is 10.1. The van der Waals surface area contributed by atoms with E-state index in [9.17, 15) is 18.8 Å². The van der Waals surface area contributed by atoms with Gasteiger partial charge in [0.25, 0.3) is 11.8 Å². The van der Waals surface area contributed by atoms with Crippen LogP contribution in [-0.4, -0.2) is 17.8 Å². The van der Waals surface area contributed by atoms with E-state index >= 15 is 0 Å². The molecule has 0 radical (unpaired) electrons. The molecule has 3 aromatic rings. The van der Waals surface area contributed by atoms with Crippen LogP contribution in [-0.2, 0) is 16.2 Å². The number of anilines is 1. The normalized spacial score (nSPS) is 15.0. The highest BCUT2D eigenvalue weighted by Crippen LogP contribution is 2.31. The minimum atomic E-state index is -0.886. The van der Waals surface area contributed by atoms with Gasteiger partial charge in [-0.05, 0) is 106 Å². The first-order chi connectivity index (χ1) is 16.2. The lowest BCUT2D eigenvalue weighted by molar-refractivity contribution is -0.122. The molecule has 1 N–H and O–H groups in total. The molecule has 4 rings (SSSR count). The van der Waals surface area contributed by atoms with E-state index in [4.69, 9.17) is 4.74 Å². The van der Waals surface area contributed by atoms with Crippen molar-refractivity contribution in [3.8, 4) is 5.75 Å². The molecule has 0 atom stereocenters. The second-order valence-corrected chi connectivity index (χ2v) is 9.85.